The summed E-state index contributed by atoms with van der Waals surface area (Å²) in [7, 11) is -2.25. The summed E-state index contributed by atoms with van der Waals surface area (Å²) in [4.78, 5) is 38.6. The molecule has 0 radical (unpaired) electrons. The van der Waals surface area contributed by atoms with Crippen LogP contribution in [0.5, 0.6) is 0 Å². The predicted octanol–water partition coefficient (Wildman–Crippen LogP) is 2.21. The van der Waals surface area contributed by atoms with Crippen molar-refractivity contribution in [3.05, 3.63) is 65.7 Å². The molecule has 2 amide bonds. The summed E-state index contributed by atoms with van der Waals surface area (Å²) in [5.74, 6) is -1.48. The average Bonchev–Trinajstić information content (AvgIpc) is 3.26. The summed E-state index contributed by atoms with van der Waals surface area (Å²) in [5.41, 5.74) is 1.71. The van der Waals surface area contributed by atoms with Gasteiger partial charge in [-0.2, -0.15) is 16.9 Å². The maximum Gasteiger partial charge on any atom is 0.338 e. The van der Waals surface area contributed by atoms with E-state index >= 15 is 0 Å². The first kappa shape index (κ1) is 27.7. The van der Waals surface area contributed by atoms with E-state index in [0.717, 1.165) is 5.56 Å². The van der Waals surface area contributed by atoms with E-state index in [-0.39, 0.29) is 37.1 Å². The van der Waals surface area contributed by atoms with Crippen LogP contribution in [0.4, 0.5) is 5.69 Å². The van der Waals surface area contributed by atoms with Crippen molar-refractivity contribution in [2.24, 2.45) is 0 Å². The Hall–Kier alpha value is -2.89. The third-order valence-corrected chi connectivity index (χ3v) is 8.02. The Morgan fingerprint density at radius 2 is 1.78 bits per heavy atom. The standard InChI is InChI=1S/C25H31N3O6S2/c1-3-34-25(31)19-9-11-20(12-10-19)26-23(29)17-27(2)24(30)22-15-21(35)16-28(22)36(32,33)14-13-18-7-5-4-6-8-18/h4-12,21-22,35H,3,13-17H2,1-2H3,(H,26,29)/t21-,22+/m1/s1. The van der Waals surface area contributed by atoms with E-state index in [4.69, 9.17) is 4.74 Å². The first-order valence-electron chi connectivity index (χ1n) is 11.6. The third-order valence-electron chi connectivity index (χ3n) is 5.80. The molecule has 1 N–H and O–H groups in total. The molecule has 1 fully saturated rings. The summed E-state index contributed by atoms with van der Waals surface area (Å²) in [6.45, 7) is 1.86. The molecule has 2 atom stereocenters. The van der Waals surface area contributed by atoms with Crippen LogP contribution in [0.1, 0.15) is 29.3 Å². The van der Waals surface area contributed by atoms with Gasteiger partial charge < -0.3 is 15.0 Å². The maximum absolute atomic E-state index is 13.1. The van der Waals surface area contributed by atoms with Gasteiger partial charge in [-0.15, -0.1) is 0 Å². The number of rotatable bonds is 10. The van der Waals surface area contributed by atoms with Gasteiger partial charge in [0, 0.05) is 24.5 Å². The number of thiol groups is 1. The van der Waals surface area contributed by atoms with Crippen molar-refractivity contribution in [2.75, 3.05) is 37.8 Å². The number of benzene rings is 2. The summed E-state index contributed by atoms with van der Waals surface area (Å²) in [6.07, 6.45) is 0.610. The van der Waals surface area contributed by atoms with Crippen molar-refractivity contribution in [3.63, 3.8) is 0 Å². The van der Waals surface area contributed by atoms with Crippen molar-refractivity contribution in [1.29, 1.82) is 0 Å². The fourth-order valence-electron chi connectivity index (χ4n) is 3.98. The van der Waals surface area contributed by atoms with Crippen LogP contribution in [0, 0.1) is 0 Å². The van der Waals surface area contributed by atoms with Crippen molar-refractivity contribution in [1.82, 2.24) is 9.21 Å². The first-order chi connectivity index (χ1) is 17.1. The number of likely N-dealkylation sites (N-methyl/N-ethyl adjacent to an activating group) is 1. The van der Waals surface area contributed by atoms with Gasteiger partial charge in [0.25, 0.3) is 0 Å². The molecular weight excluding hydrogens is 502 g/mol. The minimum atomic E-state index is -3.71. The number of nitrogens with one attached hydrogen (secondary N) is 1. The lowest BCUT2D eigenvalue weighted by Gasteiger charge is -2.27. The maximum atomic E-state index is 13.1. The van der Waals surface area contributed by atoms with E-state index in [1.807, 2.05) is 30.3 Å². The quantitative estimate of drug-likeness (QED) is 0.358. The van der Waals surface area contributed by atoms with Crippen molar-refractivity contribution in [3.8, 4) is 0 Å². The Balaban J connectivity index is 1.59. The summed E-state index contributed by atoms with van der Waals surface area (Å²) < 4.78 is 32.3. The molecule has 0 aromatic heterocycles. The highest BCUT2D eigenvalue weighted by Crippen LogP contribution is 2.27. The zero-order valence-corrected chi connectivity index (χ0v) is 22.0. The number of carbonyl (C=O) groups excluding carboxylic acids is 3. The summed E-state index contributed by atoms with van der Waals surface area (Å²) >= 11 is 4.43. The van der Waals surface area contributed by atoms with Gasteiger partial charge in [-0.1, -0.05) is 30.3 Å². The fourth-order valence-corrected chi connectivity index (χ4v) is 6.16. The highest BCUT2D eigenvalue weighted by molar-refractivity contribution is 7.89. The number of sulfonamides is 1. The number of anilines is 1. The second kappa shape index (κ2) is 12.4. The number of amides is 2. The Morgan fingerprint density at radius 3 is 2.42 bits per heavy atom. The summed E-state index contributed by atoms with van der Waals surface area (Å²) in [5, 5.41) is 2.40. The molecule has 1 aliphatic heterocycles. The van der Waals surface area contributed by atoms with Gasteiger partial charge in [0.1, 0.15) is 6.04 Å². The number of carbonyl (C=O) groups is 3. The lowest BCUT2D eigenvalue weighted by molar-refractivity contribution is -0.136. The molecule has 194 valence electrons. The lowest BCUT2D eigenvalue weighted by Crippen LogP contribution is -2.48. The van der Waals surface area contributed by atoms with E-state index in [0.29, 0.717) is 17.7 Å². The Morgan fingerprint density at radius 1 is 1.11 bits per heavy atom. The second-order valence-corrected chi connectivity index (χ2v) is 11.3. The first-order valence-corrected chi connectivity index (χ1v) is 13.8. The smallest absolute Gasteiger partial charge is 0.338 e. The number of aryl methyl sites for hydroxylation is 1. The molecule has 0 saturated carbocycles. The highest BCUT2D eigenvalue weighted by Gasteiger charge is 2.43. The zero-order chi connectivity index (χ0) is 26.3. The van der Waals surface area contributed by atoms with E-state index in [9.17, 15) is 22.8 Å². The van der Waals surface area contributed by atoms with E-state index in [1.165, 1.54) is 28.4 Å². The van der Waals surface area contributed by atoms with Crippen LogP contribution in [0.15, 0.2) is 54.6 Å². The van der Waals surface area contributed by atoms with Gasteiger partial charge in [0.2, 0.25) is 21.8 Å². The largest absolute Gasteiger partial charge is 0.462 e. The van der Waals surface area contributed by atoms with Gasteiger partial charge in [0.05, 0.1) is 24.5 Å². The minimum absolute atomic E-state index is 0.118. The van der Waals surface area contributed by atoms with Crippen LogP contribution >= 0.6 is 12.6 Å². The van der Waals surface area contributed by atoms with Crippen LogP contribution in [0.3, 0.4) is 0 Å². The lowest BCUT2D eigenvalue weighted by atomic mass is 10.2. The number of nitrogens with zero attached hydrogens (tertiary/aromatic N) is 2. The average molecular weight is 534 g/mol. The fraction of sp³-hybridized carbons (Fsp3) is 0.400. The number of ether oxygens (including phenoxy) is 1. The van der Waals surface area contributed by atoms with E-state index in [2.05, 4.69) is 17.9 Å². The Labute approximate surface area is 217 Å². The van der Waals surface area contributed by atoms with Gasteiger partial charge >= 0.3 is 5.97 Å². The predicted molar refractivity (Wildman–Crippen MR) is 140 cm³/mol. The van der Waals surface area contributed by atoms with Crippen LogP contribution < -0.4 is 5.32 Å². The van der Waals surface area contributed by atoms with Crippen molar-refractivity contribution >= 4 is 46.1 Å². The van der Waals surface area contributed by atoms with Gasteiger partial charge in [-0.3, -0.25) is 9.59 Å². The molecule has 2 aromatic rings. The number of hydrogen-bond acceptors (Lipinski definition) is 7. The molecule has 1 aliphatic rings. The van der Waals surface area contributed by atoms with Crippen LogP contribution in [-0.2, 0) is 30.8 Å². The molecule has 2 aromatic carbocycles. The van der Waals surface area contributed by atoms with Gasteiger partial charge in [-0.05, 0) is 49.6 Å². The van der Waals surface area contributed by atoms with Gasteiger partial charge in [0.15, 0.2) is 0 Å². The topological polar surface area (TPSA) is 113 Å². The molecular formula is C25H31N3O6S2. The molecule has 36 heavy (non-hydrogen) atoms. The molecule has 1 saturated heterocycles. The summed E-state index contributed by atoms with van der Waals surface area (Å²) in [6, 6.07) is 14.6. The molecule has 0 spiro atoms. The highest BCUT2D eigenvalue weighted by atomic mass is 32.2. The third kappa shape index (κ3) is 7.31. The minimum Gasteiger partial charge on any atom is -0.462 e. The van der Waals surface area contributed by atoms with Gasteiger partial charge in [-0.25, -0.2) is 13.2 Å². The molecule has 0 aliphatic carbocycles. The van der Waals surface area contributed by atoms with E-state index in [1.54, 1.807) is 19.1 Å². The van der Waals surface area contributed by atoms with Crippen LogP contribution in [-0.4, -0.2) is 79.2 Å². The zero-order valence-electron chi connectivity index (χ0n) is 20.3. The Bertz CT molecular complexity index is 1170. The molecule has 0 bridgehead atoms. The van der Waals surface area contributed by atoms with Crippen molar-refractivity contribution in [2.45, 2.75) is 31.1 Å². The molecule has 0 unspecified atom stereocenters. The normalized spacial score (nSPS) is 18.0. The molecule has 9 nitrogen and oxygen atoms in total. The monoisotopic (exact) mass is 533 g/mol. The number of hydrogen-bond donors (Lipinski definition) is 2. The number of esters is 1. The second-order valence-electron chi connectivity index (χ2n) is 8.57. The SMILES string of the molecule is CCOC(=O)c1ccc(NC(=O)CN(C)C(=O)[C@@H]2C[C@@H](S)CN2S(=O)(=O)CCc2ccccc2)cc1. The van der Waals surface area contributed by atoms with Crippen molar-refractivity contribution < 1.29 is 27.5 Å². The molecule has 11 heteroatoms. The Kier molecular flexibility index (Phi) is 9.52. The van der Waals surface area contributed by atoms with Crippen LogP contribution in [0.25, 0.3) is 0 Å². The molecule has 1 heterocycles. The molecule has 3 rings (SSSR count). The van der Waals surface area contributed by atoms with E-state index < -0.39 is 33.8 Å². The van der Waals surface area contributed by atoms with Crippen LogP contribution in [0.2, 0.25) is 0 Å².